The maximum absolute atomic E-state index is 13.4. The third kappa shape index (κ3) is 2.80. The van der Waals surface area contributed by atoms with E-state index in [-0.39, 0.29) is 16.3 Å². The molecule has 0 unspecified atom stereocenters. The SMILES string of the molecule is CC(=O)OC(OC(C)=O)[C@@]12C=C[C@@H](O1)[C@@H]1C(=O)N(c3cc(Cl)ccc3C#N)C(=O)[C@@H]12. The van der Waals surface area contributed by atoms with Crippen LogP contribution in [0.25, 0.3) is 0 Å². The van der Waals surface area contributed by atoms with Crippen LogP contribution in [0.3, 0.4) is 0 Å². The number of rotatable bonds is 4. The predicted molar refractivity (Wildman–Crippen MR) is 99.7 cm³/mol. The summed E-state index contributed by atoms with van der Waals surface area (Å²) in [6.45, 7) is 2.24. The summed E-state index contributed by atoms with van der Waals surface area (Å²) in [5, 5.41) is 9.65. The van der Waals surface area contributed by atoms with Gasteiger partial charge in [-0.15, -0.1) is 0 Å². The van der Waals surface area contributed by atoms with Crippen molar-refractivity contribution in [3.63, 3.8) is 0 Å². The molecule has 0 aliphatic carbocycles. The van der Waals surface area contributed by atoms with E-state index in [4.69, 9.17) is 25.8 Å². The molecule has 4 rings (SSSR count). The van der Waals surface area contributed by atoms with Crippen molar-refractivity contribution in [2.24, 2.45) is 11.8 Å². The van der Waals surface area contributed by atoms with E-state index in [1.807, 2.05) is 6.07 Å². The summed E-state index contributed by atoms with van der Waals surface area (Å²) in [7, 11) is 0. The number of nitrogens with zero attached hydrogens (tertiary/aromatic N) is 2. The minimum absolute atomic E-state index is 0.0560. The van der Waals surface area contributed by atoms with Gasteiger partial charge in [0.2, 0.25) is 11.8 Å². The van der Waals surface area contributed by atoms with E-state index < -0.39 is 53.6 Å². The van der Waals surface area contributed by atoms with Gasteiger partial charge in [-0.2, -0.15) is 5.26 Å². The highest BCUT2D eigenvalue weighted by molar-refractivity contribution is 6.31. The average Bonchev–Trinajstić information content (AvgIpc) is 3.31. The van der Waals surface area contributed by atoms with Gasteiger partial charge in [0.15, 0.2) is 5.60 Å². The van der Waals surface area contributed by atoms with Crippen molar-refractivity contribution in [1.82, 2.24) is 0 Å². The number of carbonyl (C=O) groups excluding carboxylic acids is 4. The quantitative estimate of drug-likeness (QED) is 0.304. The van der Waals surface area contributed by atoms with Crippen molar-refractivity contribution in [3.8, 4) is 6.07 Å². The van der Waals surface area contributed by atoms with Crippen molar-refractivity contribution in [2.75, 3.05) is 4.90 Å². The van der Waals surface area contributed by atoms with E-state index in [0.717, 1.165) is 18.7 Å². The largest absolute Gasteiger partial charge is 0.422 e. The molecule has 9 nitrogen and oxygen atoms in total. The summed E-state index contributed by atoms with van der Waals surface area (Å²) in [5.41, 5.74) is -1.51. The monoisotopic (exact) mass is 430 g/mol. The van der Waals surface area contributed by atoms with Gasteiger partial charge < -0.3 is 14.2 Å². The number of nitriles is 1. The zero-order valence-electron chi connectivity index (χ0n) is 15.8. The third-order valence-corrected chi connectivity index (χ3v) is 5.55. The van der Waals surface area contributed by atoms with Crippen LogP contribution < -0.4 is 4.90 Å². The van der Waals surface area contributed by atoms with Gasteiger partial charge in [0.1, 0.15) is 6.07 Å². The second kappa shape index (κ2) is 6.93. The molecule has 0 spiro atoms. The van der Waals surface area contributed by atoms with Crippen LogP contribution in [0.2, 0.25) is 5.02 Å². The van der Waals surface area contributed by atoms with Crippen LogP contribution in [0.15, 0.2) is 30.4 Å². The molecule has 0 aromatic heterocycles. The first-order valence-corrected chi connectivity index (χ1v) is 9.36. The van der Waals surface area contributed by atoms with Gasteiger partial charge in [0, 0.05) is 18.9 Å². The Balaban J connectivity index is 1.79. The lowest BCUT2D eigenvalue weighted by Gasteiger charge is -2.34. The lowest BCUT2D eigenvalue weighted by Crippen LogP contribution is -2.52. The van der Waals surface area contributed by atoms with Gasteiger partial charge >= 0.3 is 11.9 Å². The number of ether oxygens (including phenoxy) is 3. The maximum Gasteiger partial charge on any atom is 0.305 e. The van der Waals surface area contributed by atoms with Crippen LogP contribution in [0.4, 0.5) is 5.69 Å². The second-order valence-electron chi connectivity index (χ2n) is 7.13. The highest BCUT2D eigenvalue weighted by atomic mass is 35.5. The predicted octanol–water partition coefficient (Wildman–Crippen LogP) is 1.48. The highest BCUT2D eigenvalue weighted by Crippen LogP contribution is 2.55. The molecule has 0 saturated carbocycles. The Kier molecular flexibility index (Phi) is 4.64. The number of amides is 2. The lowest BCUT2D eigenvalue weighted by molar-refractivity contribution is -0.226. The van der Waals surface area contributed by atoms with Crippen molar-refractivity contribution in [1.29, 1.82) is 5.26 Å². The summed E-state index contributed by atoms with van der Waals surface area (Å²) < 4.78 is 16.2. The number of fused-ring (bicyclic) bond motifs is 5. The van der Waals surface area contributed by atoms with Crippen LogP contribution in [0.1, 0.15) is 19.4 Å². The Hall–Kier alpha value is -3.22. The summed E-state index contributed by atoms with van der Waals surface area (Å²) in [6.07, 6.45) is 0.705. The molecule has 3 aliphatic heterocycles. The zero-order chi connectivity index (χ0) is 21.8. The van der Waals surface area contributed by atoms with Crippen molar-refractivity contribution < 1.29 is 33.4 Å². The lowest BCUT2D eigenvalue weighted by atomic mass is 9.76. The fraction of sp³-hybridized carbons (Fsp3) is 0.350. The van der Waals surface area contributed by atoms with Gasteiger partial charge in [0.05, 0.1) is 29.2 Å². The molecule has 2 amide bonds. The fourth-order valence-electron chi connectivity index (χ4n) is 4.24. The number of benzene rings is 1. The van der Waals surface area contributed by atoms with E-state index in [0.29, 0.717) is 0 Å². The normalized spacial score (nSPS) is 28.6. The molecule has 2 fully saturated rings. The molecule has 10 heteroatoms. The molecular weight excluding hydrogens is 416 g/mol. The topological polar surface area (TPSA) is 123 Å². The number of imide groups is 1. The van der Waals surface area contributed by atoms with Crippen LogP contribution in [0, 0.1) is 23.2 Å². The standard InChI is InChI=1S/C20H15ClN2O7/c1-9(24)28-19(29-10(2)25)20-6-5-14(30-20)15-16(20)18(27)23(17(15)26)13-7-12(21)4-3-11(13)8-22/h3-7,14-16,19H,1-2H3/t14-,15+,16-,20+/m1/s1. The summed E-state index contributed by atoms with van der Waals surface area (Å²) >= 11 is 6.02. The van der Waals surface area contributed by atoms with Gasteiger partial charge in [-0.3, -0.25) is 19.2 Å². The summed E-state index contributed by atoms with van der Waals surface area (Å²) in [5.74, 6) is -4.80. The number of esters is 2. The van der Waals surface area contributed by atoms with Gasteiger partial charge in [-0.1, -0.05) is 17.7 Å². The van der Waals surface area contributed by atoms with Crippen LogP contribution in [-0.2, 0) is 33.4 Å². The fourth-order valence-corrected chi connectivity index (χ4v) is 4.40. The average molecular weight is 431 g/mol. The first-order chi connectivity index (χ1) is 14.2. The van der Waals surface area contributed by atoms with E-state index in [1.165, 1.54) is 24.3 Å². The van der Waals surface area contributed by atoms with Crippen LogP contribution >= 0.6 is 11.6 Å². The van der Waals surface area contributed by atoms with Crippen LogP contribution in [-0.4, -0.2) is 41.7 Å². The minimum atomic E-state index is -1.65. The Morgan fingerprint density at radius 2 is 1.90 bits per heavy atom. The molecule has 30 heavy (non-hydrogen) atoms. The molecule has 4 atom stereocenters. The van der Waals surface area contributed by atoms with Crippen molar-refractivity contribution in [3.05, 3.63) is 40.9 Å². The van der Waals surface area contributed by atoms with Crippen LogP contribution in [0.5, 0.6) is 0 Å². The van der Waals surface area contributed by atoms with E-state index >= 15 is 0 Å². The number of hydrogen-bond donors (Lipinski definition) is 0. The first-order valence-electron chi connectivity index (χ1n) is 8.98. The van der Waals surface area contributed by atoms with E-state index in [9.17, 15) is 24.4 Å². The molecular formula is C20H15ClN2O7. The summed E-state index contributed by atoms with van der Waals surface area (Å²) in [4.78, 5) is 50.7. The Labute approximate surface area is 175 Å². The van der Waals surface area contributed by atoms with Gasteiger partial charge in [-0.25, -0.2) is 4.90 Å². The molecule has 2 saturated heterocycles. The smallest absolute Gasteiger partial charge is 0.305 e. The molecule has 0 N–H and O–H groups in total. The highest BCUT2D eigenvalue weighted by Gasteiger charge is 2.72. The molecule has 3 heterocycles. The minimum Gasteiger partial charge on any atom is -0.422 e. The van der Waals surface area contributed by atoms with Gasteiger partial charge in [-0.05, 0) is 24.3 Å². The summed E-state index contributed by atoms with van der Waals surface area (Å²) in [6, 6.07) is 6.18. The number of carbonyl (C=O) groups is 4. The Morgan fingerprint density at radius 3 is 2.50 bits per heavy atom. The molecule has 1 aromatic rings. The van der Waals surface area contributed by atoms with Crippen molar-refractivity contribution >= 4 is 41.0 Å². The van der Waals surface area contributed by atoms with Gasteiger partial charge in [0.25, 0.3) is 6.29 Å². The maximum atomic E-state index is 13.4. The van der Waals surface area contributed by atoms with E-state index in [1.54, 1.807) is 6.08 Å². The number of anilines is 1. The Morgan fingerprint density at radius 1 is 1.23 bits per heavy atom. The molecule has 0 radical (unpaired) electrons. The molecule has 1 aromatic carbocycles. The number of hydrogen-bond acceptors (Lipinski definition) is 8. The number of halogens is 1. The molecule has 3 aliphatic rings. The van der Waals surface area contributed by atoms with E-state index in [2.05, 4.69) is 0 Å². The Bertz CT molecular complexity index is 1050. The third-order valence-electron chi connectivity index (χ3n) is 5.31. The van der Waals surface area contributed by atoms with Crippen molar-refractivity contribution in [2.45, 2.75) is 31.8 Å². The first kappa shape index (κ1) is 20.1. The second-order valence-corrected chi connectivity index (χ2v) is 7.57. The zero-order valence-corrected chi connectivity index (χ0v) is 16.6. The molecule has 154 valence electrons. The molecule has 2 bridgehead atoms.